The fraction of sp³-hybridized carbons (Fsp3) is 0.643. The van der Waals surface area contributed by atoms with Gasteiger partial charge in [0.15, 0.2) is 0 Å². The highest BCUT2D eigenvalue weighted by Crippen LogP contribution is 2.22. The molecular formula is C14H23N3. The highest BCUT2D eigenvalue weighted by molar-refractivity contribution is 5.16. The molecule has 0 aromatic carbocycles. The number of nitrogens with two attached hydrogens (primary N) is 1. The molecule has 2 unspecified atom stereocenters. The third-order valence-corrected chi connectivity index (χ3v) is 3.44. The van der Waals surface area contributed by atoms with Crippen molar-refractivity contribution in [2.75, 3.05) is 13.1 Å². The minimum Gasteiger partial charge on any atom is -0.325 e. The highest BCUT2D eigenvalue weighted by Gasteiger charge is 2.21. The molecule has 94 valence electrons. The molecule has 0 saturated carbocycles. The molecule has 1 fully saturated rings. The predicted molar refractivity (Wildman–Crippen MR) is 70.4 cm³/mol. The summed E-state index contributed by atoms with van der Waals surface area (Å²) in [5, 5.41) is 0. The first-order valence-corrected chi connectivity index (χ1v) is 6.53. The summed E-state index contributed by atoms with van der Waals surface area (Å²) in [6, 6.07) is 4.23. The van der Waals surface area contributed by atoms with Gasteiger partial charge in [0.25, 0.3) is 0 Å². The van der Waals surface area contributed by atoms with E-state index in [1.54, 1.807) is 0 Å². The first-order chi connectivity index (χ1) is 8.17. The van der Waals surface area contributed by atoms with Crippen molar-refractivity contribution in [3.8, 4) is 0 Å². The molecule has 0 bridgehead atoms. The van der Waals surface area contributed by atoms with Crippen LogP contribution in [0.1, 0.15) is 31.5 Å². The summed E-state index contributed by atoms with van der Waals surface area (Å²) in [5.74, 6) is 1.63. The van der Waals surface area contributed by atoms with Crippen LogP contribution in [0.15, 0.2) is 18.3 Å². The molecule has 1 aliphatic heterocycles. The second kappa shape index (κ2) is 5.61. The van der Waals surface area contributed by atoms with Crippen LogP contribution < -0.4 is 5.73 Å². The lowest BCUT2D eigenvalue weighted by molar-refractivity contribution is 0.134. The van der Waals surface area contributed by atoms with Gasteiger partial charge in [0.05, 0.1) is 5.69 Å². The third kappa shape index (κ3) is 3.51. The summed E-state index contributed by atoms with van der Waals surface area (Å²) in [4.78, 5) is 6.79. The number of aromatic nitrogens is 1. The number of likely N-dealkylation sites (tertiary alicyclic amines) is 1. The van der Waals surface area contributed by atoms with Gasteiger partial charge in [-0.15, -0.1) is 0 Å². The van der Waals surface area contributed by atoms with E-state index in [9.17, 15) is 0 Å². The quantitative estimate of drug-likeness (QED) is 0.868. The van der Waals surface area contributed by atoms with Crippen LogP contribution in [-0.2, 0) is 13.1 Å². The van der Waals surface area contributed by atoms with Crippen LogP contribution in [0.3, 0.4) is 0 Å². The van der Waals surface area contributed by atoms with E-state index in [1.165, 1.54) is 25.1 Å². The van der Waals surface area contributed by atoms with E-state index in [2.05, 4.69) is 35.9 Å². The number of rotatable bonds is 3. The van der Waals surface area contributed by atoms with Crippen molar-refractivity contribution >= 4 is 0 Å². The zero-order chi connectivity index (χ0) is 12.3. The van der Waals surface area contributed by atoms with E-state index < -0.39 is 0 Å². The van der Waals surface area contributed by atoms with E-state index in [4.69, 9.17) is 5.73 Å². The van der Waals surface area contributed by atoms with E-state index in [-0.39, 0.29) is 0 Å². The Hall–Kier alpha value is -0.930. The van der Waals surface area contributed by atoms with Crippen LogP contribution in [0, 0.1) is 11.8 Å². The van der Waals surface area contributed by atoms with Crippen LogP contribution in [0.2, 0.25) is 0 Å². The molecule has 3 heteroatoms. The fourth-order valence-corrected chi connectivity index (χ4v) is 2.92. The van der Waals surface area contributed by atoms with Gasteiger partial charge >= 0.3 is 0 Å². The van der Waals surface area contributed by atoms with Crippen molar-refractivity contribution in [2.45, 2.75) is 33.4 Å². The lowest BCUT2D eigenvalue weighted by Gasteiger charge is -2.35. The topological polar surface area (TPSA) is 42.2 Å². The molecule has 2 N–H and O–H groups in total. The van der Waals surface area contributed by atoms with Crippen LogP contribution in [0.4, 0.5) is 0 Å². The predicted octanol–water partition coefficient (Wildman–Crippen LogP) is 2.02. The zero-order valence-corrected chi connectivity index (χ0v) is 10.9. The van der Waals surface area contributed by atoms with Crippen LogP contribution in [-0.4, -0.2) is 23.0 Å². The molecule has 2 atom stereocenters. The van der Waals surface area contributed by atoms with Crippen molar-refractivity contribution < 1.29 is 0 Å². The lowest BCUT2D eigenvalue weighted by atomic mass is 9.91. The van der Waals surface area contributed by atoms with Crippen molar-refractivity contribution in [1.82, 2.24) is 9.88 Å². The van der Waals surface area contributed by atoms with Crippen molar-refractivity contribution in [2.24, 2.45) is 17.6 Å². The number of hydrogen-bond acceptors (Lipinski definition) is 3. The molecule has 2 heterocycles. The number of piperidine rings is 1. The SMILES string of the molecule is CC1CC(C)CN(Cc2ccnc(CN)c2)C1. The molecular weight excluding hydrogens is 210 g/mol. The Labute approximate surface area is 104 Å². The average molecular weight is 233 g/mol. The molecule has 2 rings (SSSR count). The first kappa shape index (κ1) is 12.5. The number of nitrogens with zero attached hydrogens (tertiary/aromatic N) is 2. The molecule has 0 radical (unpaired) electrons. The van der Waals surface area contributed by atoms with Gasteiger partial charge in [0.1, 0.15) is 0 Å². The Morgan fingerprint density at radius 3 is 2.71 bits per heavy atom. The van der Waals surface area contributed by atoms with Crippen LogP contribution in [0.25, 0.3) is 0 Å². The van der Waals surface area contributed by atoms with Gasteiger partial charge in [0.2, 0.25) is 0 Å². The second-order valence-corrected chi connectivity index (χ2v) is 5.50. The van der Waals surface area contributed by atoms with Crippen LogP contribution in [0.5, 0.6) is 0 Å². The standard InChI is InChI=1S/C14H23N3/c1-11-5-12(2)9-17(8-11)10-13-3-4-16-14(6-13)7-15/h3-4,6,11-12H,5,7-10,15H2,1-2H3. The summed E-state index contributed by atoms with van der Waals surface area (Å²) in [7, 11) is 0. The Morgan fingerprint density at radius 1 is 1.35 bits per heavy atom. The van der Waals surface area contributed by atoms with Gasteiger partial charge in [0, 0.05) is 32.4 Å². The smallest absolute Gasteiger partial charge is 0.0542 e. The van der Waals surface area contributed by atoms with Crippen molar-refractivity contribution in [3.63, 3.8) is 0 Å². The average Bonchev–Trinajstić information content (AvgIpc) is 2.28. The Bertz CT molecular complexity index is 354. The molecule has 1 aromatic heterocycles. The Morgan fingerprint density at radius 2 is 2.06 bits per heavy atom. The fourth-order valence-electron chi connectivity index (χ4n) is 2.92. The summed E-state index contributed by atoms with van der Waals surface area (Å²) in [6.45, 7) is 8.68. The van der Waals surface area contributed by atoms with E-state index in [0.29, 0.717) is 6.54 Å². The van der Waals surface area contributed by atoms with Gasteiger partial charge in [-0.2, -0.15) is 0 Å². The van der Waals surface area contributed by atoms with Crippen LogP contribution >= 0.6 is 0 Å². The summed E-state index contributed by atoms with van der Waals surface area (Å²) >= 11 is 0. The van der Waals surface area contributed by atoms with Crippen molar-refractivity contribution in [3.05, 3.63) is 29.6 Å². The Kier molecular flexibility index (Phi) is 4.13. The number of hydrogen-bond donors (Lipinski definition) is 1. The minimum atomic E-state index is 0.528. The van der Waals surface area contributed by atoms with E-state index >= 15 is 0 Å². The summed E-state index contributed by atoms with van der Waals surface area (Å²) in [5.41, 5.74) is 7.94. The molecule has 1 saturated heterocycles. The molecule has 0 spiro atoms. The van der Waals surface area contributed by atoms with Gasteiger partial charge in [-0.05, 0) is 36.0 Å². The lowest BCUT2D eigenvalue weighted by Crippen LogP contribution is -2.38. The monoisotopic (exact) mass is 233 g/mol. The molecule has 1 aliphatic rings. The minimum absolute atomic E-state index is 0.528. The van der Waals surface area contributed by atoms with Gasteiger partial charge in [-0.3, -0.25) is 9.88 Å². The van der Waals surface area contributed by atoms with E-state index in [1.807, 2.05) is 6.20 Å². The summed E-state index contributed by atoms with van der Waals surface area (Å²) in [6.07, 6.45) is 3.23. The molecule has 1 aromatic rings. The van der Waals surface area contributed by atoms with Crippen molar-refractivity contribution in [1.29, 1.82) is 0 Å². The number of pyridine rings is 1. The maximum atomic E-state index is 5.62. The van der Waals surface area contributed by atoms with Gasteiger partial charge in [-0.1, -0.05) is 13.8 Å². The zero-order valence-electron chi connectivity index (χ0n) is 10.9. The van der Waals surface area contributed by atoms with Gasteiger partial charge in [-0.25, -0.2) is 0 Å². The summed E-state index contributed by atoms with van der Waals surface area (Å²) < 4.78 is 0. The third-order valence-electron chi connectivity index (χ3n) is 3.44. The Balaban J connectivity index is 1.99. The van der Waals surface area contributed by atoms with E-state index in [0.717, 1.165) is 24.1 Å². The molecule has 0 aliphatic carbocycles. The normalized spacial score (nSPS) is 26.1. The maximum absolute atomic E-state index is 5.62. The highest BCUT2D eigenvalue weighted by atomic mass is 15.1. The molecule has 3 nitrogen and oxygen atoms in total. The maximum Gasteiger partial charge on any atom is 0.0542 e. The molecule has 0 amide bonds. The second-order valence-electron chi connectivity index (χ2n) is 5.50. The largest absolute Gasteiger partial charge is 0.325 e. The van der Waals surface area contributed by atoms with Gasteiger partial charge < -0.3 is 5.73 Å². The first-order valence-electron chi connectivity index (χ1n) is 6.53. The molecule has 17 heavy (non-hydrogen) atoms.